The second-order valence-electron chi connectivity index (χ2n) is 38.4. The molecule has 0 bridgehead atoms. The number of pyridine rings is 4. The molecular formula is C136H82N10. The molecule has 0 fully saturated rings. The predicted molar refractivity (Wildman–Crippen MR) is 614 cm³/mol. The topological polar surface area (TPSA) is 81.1 Å². The third kappa shape index (κ3) is 11.7. The lowest BCUT2D eigenvalue weighted by Gasteiger charge is -2.18. The van der Waals surface area contributed by atoms with Gasteiger partial charge in [0.15, 0.2) is 0 Å². The number of para-hydroxylation sites is 9. The van der Waals surface area contributed by atoms with Crippen LogP contribution in [0, 0.1) is 0 Å². The van der Waals surface area contributed by atoms with Gasteiger partial charge in [-0.15, -0.1) is 0 Å². The van der Waals surface area contributed by atoms with Gasteiger partial charge < -0.3 is 22.8 Å². The van der Waals surface area contributed by atoms with Crippen molar-refractivity contribution in [3.8, 4) is 56.6 Å². The monoisotopic (exact) mass is 1850 g/mol. The summed E-state index contributed by atoms with van der Waals surface area (Å²) in [6.45, 7) is 0. The van der Waals surface area contributed by atoms with Crippen LogP contribution < -0.4 is 0 Å². The summed E-state index contributed by atoms with van der Waals surface area (Å²) in [5.41, 5.74) is 26.9. The predicted octanol–water partition coefficient (Wildman–Crippen LogP) is 35.5. The Hall–Kier alpha value is -19.7. The van der Waals surface area contributed by atoms with Crippen LogP contribution in [0.15, 0.2) is 498 Å². The highest BCUT2D eigenvalue weighted by Crippen LogP contribution is 2.54. The maximum Gasteiger partial charge on any atom is 0.138 e. The van der Waals surface area contributed by atoms with E-state index in [1.165, 1.54) is 179 Å². The Balaban J connectivity index is 0.0000000995. The average Bonchev–Trinajstić information content (AvgIpc) is 1.55. The van der Waals surface area contributed by atoms with Crippen LogP contribution in [-0.4, -0.2) is 47.3 Å². The van der Waals surface area contributed by atoms with Crippen LogP contribution >= 0.6 is 0 Å². The van der Waals surface area contributed by atoms with Crippen LogP contribution in [0.4, 0.5) is 0 Å². The van der Waals surface area contributed by atoms with Crippen molar-refractivity contribution in [1.29, 1.82) is 0 Å². The maximum atomic E-state index is 5.44. The lowest BCUT2D eigenvalue weighted by Crippen LogP contribution is -2.01. The maximum absolute atomic E-state index is 5.44. The smallest absolute Gasteiger partial charge is 0.138 e. The average molecular weight is 1860 g/mol. The van der Waals surface area contributed by atoms with Crippen molar-refractivity contribution in [2.45, 2.75) is 0 Å². The van der Waals surface area contributed by atoms with Gasteiger partial charge in [0.05, 0.1) is 94.1 Å². The van der Waals surface area contributed by atoms with Crippen LogP contribution in [0.2, 0.25) is 0 Å². The van der Waals surface area contributed by atoms with E-state index in [0.29, 0.717) is 0 Å². The van der Waals surface area contributed by atoms with E-state index in [1.54, 1.807) is 0 Å². The number of nitrogens with zero attached hydrogens (tertiary/aromatic N) is 10. The van der Waals surface area contributed by atoms with Gasteiger partial charge in [-0.1, -0.05) is 358 Å². The van der Waals surface area contributed by atoms with Gasteiger partial charge in [0, 0.05) is 133 Å². The highest BCUT2D eigenvalue weighted by molar-refractivity contribution is 6.41. The number of hydrogen-bond acceptors (Lipinski definition) is 4. The lowest BCUT2D eigenvalue weighted by atomic mass is 9.89. The summed E-state index contributed by atoms with van der Waals surface area (Å²) in [5, 5.41) is 36.0. The molecule has 33 aromatic rings. The van der Waals surface area contributed by atoms with Crippen LogP contribution in [0.25, 0.3) is 296 Å². The number of rotatable bonds is 8. The molecule has 33 rings (SSSR count). The molecule has 0 radical (unpaired) electrons. The van der Waals surface area contributed by atoms with Crippen molar-refractivity contribution in [3.63, 3.8) is 0 Å². The summed E-state index contributed by atoms with van der Waals surface area (Å²) in [6, 6.07) is 173. The van der Waals surface area contributed by atoms with Crippen molar-refractivity contribution < 1.29 is 0 Å². The summed E-state index contributed by atoms with van der Waals surface area (Å²) in [5.74, 6) is 0.877. The third-order valence-corrected chi connectivity index (χ3v) is 30.9. The minimum atomic E-state index is 0.877. The fraction of sp³-hybridized carbons (Fsp3) is 0. The summed E-state index contributed by atoms with van der Waals surface area (Å²) < 4.78 is 14.6. The molecule has 0 saturated heterocycles. The van der Waals surface area contributed by atoms with E-state index in [4.69, 9.17) is 19.9 Å². The molecular weight excluding hydrogens is 1770 g/mol. The molecule has 0 aliphatic rings. The molecule has 0 aliphatic carbocycles. The Bertz CT molecular complexity index is 11200. The van der Waals surface area contributed by atoms with E-state index < -0.39 is 0 Å². The van der Waals surface area contributed by atoms with Gasteiger partial charge in [-0.25, -0.2) is 4.98 Å². The molecule has 10 nitrogen and oxygen atoms in total. The molecule has 0 N–H and O–H groups in total. The summed E-state index contributed by atoms with van der Waals surface area (Å²) >= 11 is 0. The van der Waals surface area contributed by atoms with Crippen molar-refractivity contribution >= 4 is 239 Å². The van der Waals surface area contributed by atoms with Crippen molar-refractivity contribution in [1.82, 2.24) is 47.3 Å². The molecule has 0 unspecified atom stereocenters. The standard InChI is InChI=1S/C47H27N3.C45H27N3.C44H28N4/c1-2-14-29(15-3-1)49-38-23-6-5-17-36(38)44-46-43(37-22-11-27-48-45(37)47(44)49)35-16-4-7-24-39(35)50(46)40-26-25-33-31-19-9-13-28-12-8-18-30(41(28)31)32-20-10-21-34(40)42(32)33;1-2-13-28(14-3-1)47-40-23-11-9-20-36(40)42-44-41(37-21-12-26-46-43(37)45(42)47)35-19-8-10-22-39(35)48(44)29-24-25-34-32-17-5-4-15-30(32)31-16-6-7-18-33(31)38(34)27-29;1-4-15-29(16-5-1)31-27-36(30-17-6-2-7-18-30)46-39(28-31)48-38-25-13-10-21-33(38)40-35-23-14-26-45-42(35)44-41(43(40)48)34-22-11-12-24-37(34)47(44)32-19-8-3-9-20-32/h1-27H;1-27H;1-28H. The first kappa shape index (κ1) is 81.2. The zero-order valence-corrected chi connectivity index (χ0v) is 78.8. The first-order valence-electron chi connectivity index (χ1n) is 50.0. The molecule has 10 heterocycles. The third-order valence-electron chi connectivity index (χ3n) is 30.9. The Morgan fingerprint density at radius 2 is 0.452 bits per heavy atom. The molecule has 0 aliphatic heterocycles. The normalized spacial score (nSPS) is 12.1. The van der Waals surface area contributed by atoms with Gasteiger partial charge in [-0.2, -0.15) is 0 Å². The minimum Gasteiger partial charge on any atom is -0.308 e. The Kier molecular flexibility index (Phi) is 17.8. The Labute approximate surface area is 834 Å². The quantitative estimate of drug-likeness (QED) is 0.112. The Morgan fingerprint density at radius 1 is 0.151 bits per heavy atom. The van der Waals surface area contributed by atoms with Gasteiger partial charge in [-0.05, 0) is 202 Å². The van der Waals surface area contributed by atoms with E-state index in [0.717, 1.165) is 117 Å². The minimum absolute atomic E-state index is 0.877. The van der Waals surface area contributed by atoms with E-state index in [1.807, 2.05) is 18.6 Å². The van der Waals surface area contributed by atoms with Crippen LogP contribution in [0.1, 0.15) is 0 Å². The van der Waals surface area contributed by atoms with E-state index in [9.17, 15) is 0 Å². The molecule has 676 valence electrons. The largest absolute Gasteiger partial charge is 0.308 e. The van der Waals surface area contributed by atoms with E-state index in [2.05, 4.69) is 507 Å². The highest BCUT2D eigenvalue weighted by atomic mass is 15.1. The first-order chi connectivity index (χ1) is 72.6. The molecule has 146 heavy (non-hydrogen) atoms. The number of benzene rings is 23. The summed E-state index contributed by atoms with van der Waals surface area (Å²) in [6.07, 6.45) is 5.78. The fourth-order valence-corrected chi connectivity index (χ4v) is 25.1. The molecule has 0 spiro atoms. The van der Waals surface area contributed by atoms with Crippen LogP contribution in [-0.2, 0) is 0 Å². The first-order valence-corrected chi connectivity index (χ1v) is 50.0. The van der Waals surface area contributed by atoms with E-state index in [-0.39, 0.29) is 0 Å². The van der Waals surface area contributed by atoms with Crippen molar-refractivity contribution in [2.75, 3.05) is 0 Å². The SMILES string of the molecule is c1ccc(-c2cc(-c3ccccc3)nc(-n3c4ccccc4c4c5cccnc5c5c(c6ccccc6n5-c5ccccc5)c43)c2)cc1.c1ccc(-n2c3ccccc3c3c2c2ncccc2c2c4ccccc4n(-c4ccc5c6cccc7cccc(c8cccc4c85)c76)c23)cc1.c1ccc(-n2c3ccccc3c3c2c2ncccc2c2c4ccccc4n(-c4ccc5c6ccccc6c6ccccc6c5c4)c23)cc1. The number of hydrogen-bond donors (Lipinski definition) is 0. The molecule has 10 aromatic heterocycles. The van der Waals surface area contributed by atoms with E-state index >= 15 is 0 Å². The number of aromatic nitrogens is 10. The van der Waals surface area contributed by atoms with Gasteiger partial charge in [0.25, 0.3) is 0 Å². The lowest BCUT2D eigenvalue weighted by molar-refractivity contribution is 1.09. The van der Waals surface area contributed by atoms with Crippen molar-refractivity contribution in [3.05, 3.63) is 498 Å². The molecule has 23 aromatic carbocycles. The second kappa shape index (κ2) is 31.9. The zero-order chi connectivity index (χ0) is 95.5. The molecule has 10 heteroatoms. The highest BCUT2D eigenvalue weighted by Gasteiger charge is 2.32. The fourth-order valence-electron chi connectivity index (χ4n) is 25.1. The van der Waals surface area contributed by atoms with Crippen LogP contribution in [0.5, 0.6) is 0 Å². The molecule has 0 amide bonds. The van der Waals surface area contributed by atoms with Crippen molar-refractivity contribution in [2.24, 2.45) is 0 Å². The Morgan fingerprint density at radius 3 is 0.890 bits per heavy atom. The molecule has 0 atom stereocenters. The van der Waals surface area contributed by atoms with Gasteiger partial charge in [0.1, 0.15) is 5.82 Å². The summed E-state index contributed by atoms with van der Waals surface area (Å²) in [7, 11) is 0. The molecule has 0 saturated carbocycles. The van der Waals surface area contributed by atoms with Gasteiger partial charge in [-0.3, -0.25) is 19.5 Å². The zero-order valence-electron chi connectivity index (χ0n) is 78.8. The van der Waals surface area contributed by atoms with Gasteiger partial charge in [0.2, 0.25) is 0 Å². The van der Waals surface area contributed by atoms with Gasteiger partial charge >= 0.3 is 0 Å². The summed E-state index contributed by atoms with van der Waals surface area (Å²) in [4.78, 5) is 20.8. The van der Waals surface area contributed by atoms with Crippen LogP contribution in [0.3, 0.4) is 0 Å². The second-order valence-corrected chi connectivity index (χ2v) is 38.4. The number of fused-ring (bicyclic) bond motifs is 38.